The zero-order valence-electron chi connectivity index (χ0n) is 15.1. The van der Waals surface area contributed by atoms with E-state index in [-0.39, 0.29) is 11.9 Å². The van der Waals surface area contributed by atoms with Crippen LogP contribution in [0.1, 0.15) is 33.6 Å². The summed E-state index contributed by atoms with van der Waals surface area (Å²) in [5, 5.41) is 3.15. The SMILES string of the molecule is NC(=O)c1cccc(Oc2ccc(C(=O)NC3CC4CCN(C4)C3)cc2)c1. The van der Waals surface area contributed by atoms with Crippen molar-refractivity contribution in [3.8, 4) is 11.5 Å². The monoisotopic (exact) mass is 365 g/mol. The number of fused-ring (bicyclic) bond motifs is 2. The van der Waals surface area contributed by atoms with Gasteiger partial charge in [0.05, 0.1) is 0 Å². The molecule has 2 aromatic carbocycles. The molecule has 2 saturated heterocycles. The molecule has 2 aliphatic heterocycles. The molecule has 3 unspecified atom stereocenters. The van der Waals surface area contributed by atoms with Crippen molar-refractivity contribution in [1.82, 2.24) is 10.2 Å². The second-order valence-corrected chi connectivity index (χ2v) is 7.34. The van der Waals surface area contributed by atoms with Gasteiger partial charge in [0.2, 0.25) is 5.91 Å². The van der Waals surface area contributed by atoms with E-state index < -0.39 is 5.91 Å². The number of hydrogen-bond acceptors (Lipinski definition) is 4. The number of hydrogen-bond donors (Lipinski definition) is 2. The Morgan fingerprint density at radius 3 is 2.59 bits per heavy atom. The predicted octanol–water partition coefficient (Wildman–Crippen LogP) is 2.40. The van der Waals surface area contributed by atoms with E-state index in [1.54, 1.807) is 48.5 Å². The number of nitrogens with one attached hydrogen (secondary N) is 1. The molecule has 0 radical (unpaired) electrons. The van der Waals surface area contributed by atoms with Crippen molar-refractivity contribution >= 4 is 11.8 Å². The topological polar surface area (TPSA) is 84.7 Å². The molecule has 2 bridgehead atoms. The van der Waals surface area contributed by atoms with Crippen molar-refractivity contribution in [3.63, 3.8) is 0 Å². The first-order valence-corrected chi connectivity index (χ1v) is 9.28. The molecular formula is C21H23N3O3. The number of carbonyl (C=O) groups excluding carboxylic acids is 2. The van der Waals surface area contributed by atoms with Gasteiger partial charge in [0, 0.05) is 30.3 Å². The van der Waals surface area contributed by atoms with Crippen LogP contribution in [-0.4, -0.2) is 42.4 Å². The molecule has 140 valence electrons. The van der Waals surface area contributed by atoms with Gasteiger partial charge >= 0.3 is 0 Å². The third-order valence-corrected chi connectivity index (χ3v) is 5.27. The molecule has 0 aliphatic carbocycles. The Balaban J connectivity index is 1.37. The maximum Gasteiger partial charge on any atom is 0.251 e. The molecule has 0 spiro atoms. The minimum absolute atomic E-state index is 0.0511. The van der Waals surface area contributed by atoms with Crippen molar-refractivity contribution < 1.29 is 14.3 Å². The summed E-state index contributed by atoms with van der Waals surface area (Å²) < 4.78 is 5.74. The lowest BCUT2D eigenvalue weighted by Crippen LogP contribution is -2.46. The molecule has 3 N–H and O–H groups in total. The van der Waals surface area contributed by atoms with Gasteiger partial charge in [-0.1, -0.05) is 6.07 Å². The third-order valence-electron chi connectivity index (χ3n) is 5.27. The van der Waals surface area contributed by atoms with Gasteiger partial charge in [-0.25, -0.2) is 0 Å². The lowest BCUT2D eigenvalue weighted by atomic mass is 9.96. The van der Waals surface area contributed by atoms with Gasteiger partial charge in [0.1, 0.15) is 11.5 Å². The summed E-state index contributed by atoms with van der Waals surface area (Å²) >= 11 is 0. The normalized spacial score (nSPS) is 23.6. The Bertz CT molecular complexity index is 838. The predicted molar refractivity (Wildman–Crippen MR) is 102 cm³/mol. The van der Waals surface area contributed by atoms with Gasteiger partial charge in [-0.3, -0.25) is 9.59 Å². The van der Waals surface area contributed by atoms with Gasteiger partial charge < -0.3 is 20.7 Å². The molecule has 2 fully saturated rings. The second-order valence-electron chi connectivity index (χ2n) is 7.34. The van der Waals surface area contributed by atoms with Gasteiger partial charge in [0.15, 0.2) is 0 Å². The van der Waals surface area contributed by atoms with Crippen LogP contribution in [0.5, 0.6) is 11.5 Å². The number of amides is 2. The molecule has 6 nitrogen and oxygen atoms in total. The van der Waals surface area contributed by atoms with E-state index in [2.05, 4.69) is 10.2 Å². The summed E-state index contributed by atoms with van der Waals surface area (Å²) in [4.78, 5) is 26.2. The van der Waals surface area contributed by atoms with Crippen LogP contribution in [0, 0.1) is 5.92 Å². The summed E-state index contributed by atoms with van der Waals surface area (Å²) in [6.45, 7) is 3.27. The number of ether oxygens (including phenoxy) is 1. The molecule has 4 rings (SSSR count). The van der Waals surface area contributed by atoms with Crippen molar-refractivity contribution in [2.75, 3.05) is 19.6 Å². The maximum atomic E-state index is 12.5. The Morgan fingerprint density at radius 2 is 1.85 bits per heavy atom. The number of carbonyl (C=O) groups is 2. The molecule has 27 heavy (non-hydrogen) atoms. The molecule has 2 aromatic rings. The lowest BCUT2D eigenvalue weighted by Gasteiger charge is -2.30. The van der Waals surface area contributed by atoms with E-state index in [4.69, 9.17) is 10.5 Å². The standard InChI is InChI=1S/C21H23N3O3/c22-20(25)16-2-1-3-19(11-16)27-18-6-4-15(5-7-18)21(26)23-17-10-14-8-9-24(12-14)13-17/h1-7,11,14,17H,8-10,12-13H2,(H2,22,25)(H,23,26). The van der Waals surface area contributed by atoms with E-state index in [1.807, 2.05) is 0 Å². The fourth-order valence-corrected chi connectivity index (χ4v) is 3.96. The number of rotatable bonds is 5. The molecule has 2 aliphatic rings. The molecule has 2 heterocycles. The maximum absolute atomic E-state index is 12.5. The van der Waals surface area contributed by atoms with E-state index in [9.17, 15) is 9.59 Å². The van der Waals surface area contributed by atoms with Crippen LogP contribution in [0.3, 0.4) is 0 Å². The van der Waals surface area contributed by atoms with Crippen LogP contribution >= 0.6 is 0 Å². The largest absolute Gasteiger partial charge is 0.457 e. The van der Waals surface area contributed by atoms with Gasteiger partial charge in [-0.05, 0) is 67.8 Å². The van der Waals surface area contributed by atoms with Gasteiger partial charge in [-0.2, -0.15) is 0 Å². The fourth-order valence-electron chi connectivity index (χ4n) is 3.96. The summed E-state index contributed by atoms with van der Waals surface area (Å²) in [6.07, 6.45) is 2.31. The number of nitrogens with two attached hydrogens (primary N) is 1. The minimum Gasteiger partial charge on any atom is -0.457 e. The van der Waals surface area contributed by atoms with E-state index in [1.165, 1.54) is 13.0 Å². The van der Waals surface area contributed by atoms with Crippen molar-refractivity contribution in [1.29, 1.82) is 0 Å². The Labute approximate surface area is 158 Å². The minimum atomic E-state index is -0.500. The highest BCUT2D eigenvalue weighted by atomic mass is 16.5. The van der Waals surface area contributed by atoms with E-state index >= 15 is 0 Å². The molecule has 0 saturated carbocycles. The summed E-state index contributed by atoms with van der Waals surface area (Å²) in [6, 6.07) is 13.9. The first-order chi connectivity index (χ1) is 13.1. The van der Waals surface area contributed by atoms with E-state index in [0.29, 0.717) is 22.6 Å². The van der Waals surface area contributed by atoms with Crippen LogP contribution in [0.15, 0.2) is 48.5 Å². The lowest BCUT2D eigenvalue weighted by molar-refractivity contribution is 0.0908. The summed E-state index contributed by atoms with van der Waals surface area (Å²) in [5.41, 5.74) is 6.29. The van der Waals surface area contributed by atoms with Crippen LogP contribution in [0.4, 0.5) is 0 Å². The zero-order valence-corrected chi connectivity index (χ0v) is 15.1. The fraction of sp³-hybridized carbons (Fsp3) is 0.333. The molecule has 6 heteroatoms. The van der Waals surface area contributed by atoms with Crippen LogP contribution in [0.2, 0.25) is 0 Å². The van der Waals surface area contributed by atoms with Crippen molar-refractivity contribution in [3.05, 3.63) is 59.7 Å². The third kappa shape index (κ3) is 4.11. The quantitative estimate of drug-likeness (QED) is 0.852. The first-order valence-electron chi connectivity index (χ1n) is 9.28. The number of primary amides is 1. The number of benzene rings is 2. The summed E-state index contributed by atoms with van der Waals surface area (Å²) in [5.74, 6) is 1.28. The number of nitrogens with zero attached hydrogens (tertiary/aromatic N) is 1. The molecule has 2 amide bonds. The van der Waals surface area contributed by atoms with Crippen molar-refractivity contribution in [2.24, 2.45) is 11.7 Å². The Kier molecular flexibility index (Phi) is 4.81. The average molecular weight is 365 g/mol. The summed E-state index contributed by atoms with van der Waals surface area (Å²) in [7, 11) is 0. The Hall–Kier alpha value is -2.86. The average Bonchev–Trinajstić information content (AvgIpc) is 3.01. The van der Waals surface area contributed by atoms with Crippen molar-refractivity contribution in [2.45, 2.75) is 18.9 Å². The molecular weight excluding hydrogens is 342 g/mol. The highest BCUT2D eigenvalue weighted by Crippen LogP contribution is 2.27. The van der Waals surface area contributed by atoms with Gasteiger partial charge in [-0.15, -0.1) is 0 Å². The van der Waals surface area contributed by atoms with E-state index in [0.717, 1.165) is 25.4 Å². The Morgan fingerprint density at radius 1 is 1.04 bits per heavy atom. The zero-order chi connectivity index (χ0) is 18.8. The smallest absolute Gasteiger partial charge is 0.251 e. The first kappa shape index (κ1) is 17.5. The highest BCUT2D eigenvalue weighted by Gasteiger charge is 2.32. The second kappa shape index (κ2) is 7.40. The van der Waals surface area contributed by atoms with Gasteiger partial charge in [0.25, 0.3) is 5.91 Å². The van der Waals surface area contributed by atoms with Crippen LogP contribution in [0.25, 0.3) is 0 Å². The van der Waals surface area contributed by atoms with Crippen LogP contribution in [-0.2, 0) is 0 Å². The molecule has 0 aromatic heterocycles. The molecule has 3 atom stereocenters. The van der Waals surface area contributed by atoms with Crippen LogP contribution < -0.4 is 15.8 Å². The highest BCUT2D eigenvalue weighted by molar-refractivity contribution is 5.94. The number of piperidine rings is 1.